The minimum Gasteiger partial charge on any atom is -0.478 e. The Balaban J connectivity index is 2.11. The molecule has 1 atom stereocenters. The average Bonchev–Trinajstić information content (AvgIpc) is 2.73. The van der Waals surface area contributed by atoms with E-state index in [4.69, 9.17) is 5.11 Å². The first-order valence-electron chi connectivity index (χ1n) is 7.36. The van der Waals surface area contributed by atoms with Gasteiger partial charge in [0.1, 0.15) is 5.82 Å². The largest absolute Gasteiger partial charge is 0.478 e. The van der Waals surface area contributed by atoms with Gasteiger partial charge in [-0.1, -0.05) is 13.3 Å². The number of carboxylic acid groups (broad SMARTS) is 1. The molecule has 3 rings (SSSR count). The molecule has 1 heterocycles. The Morgan fingerprint density at radius 2 is 2.25 bits per heavy atom. The van der Waals surface area contributed by atoms with Gasteiger partial charge in [-0.15, -0.1) is 0 Å². The zero-order valence-corrected chi connectivity index (χ0v) is 12.0. The number of imidazole rings is 1. The first kappa shape index (κ1) is 13.2. The summed E-state index contributed by atoms with van der Waals surface area (Å²) < 4.78 is 2.31. The van der Waals surface area contributed by atoms with Gasteiger partial charge in [0.25, 0.3) is 0 Å². The van der Waals surface area contributed by atoms with Gasteiger partial charge in [-0.2, -0.15) is 0 Å². The Labute approximate surface area is 118 Å². The molecule has 1 unspecified atom stereocenters. The van der Waals surface area contributed by atoms with E-state index in [1.807, 2.05) is 6.07 Å². The maximum atomic E-state index is 11.1. The Kier molecular flexibility index (Phi) is 3.24. The summed E-state index contributed by atoms with van der Waals surface area (Å²) in [4.78, 5) is 15.7. The van der Waals surface area contributed by atoms with Gasteiger partial charge in [0.15, 0.2) is 0 Å². The number of carboxylic acids is 1. The molecule has 4 nitrogen and oxygen atoms in total. The van der Waals surface area contributed by atoms with Gasteiger partial charge in [0.2, 0.25) is 0 Å². The zero-order chi connectivity index (χ0) is 14.3. The van der Waals surface area contributed by atoms with Crippen molar-refractivity contribution in [1.82, 2.24) is 9.55 Å². The molecule has 1 saturated carbocycles. The fraction of sp³-hybridized carbons (Fsp3) is 0.500. The number of fused-ring (bicyclic) bond motifs is 1. The molecule has 0 amide bonds. The highest BCUT2D eigenvalue weighted by molar-refractivity contribution is 5.92. The van der Waals surface area contributed by atoms with Crippen LogP contribution in [0.4, 0.5) is 0 Å². The molecule has 1 aromatic heterocycles. The number of hydrogen-bond donors (Lipinski definition) is 1. The molecule has 0 bridgehead atoms. The molecule has 1 N–H and O–H groups in total. The maximum Gasteiger partial charge on any atom is 0.335 e. The summed E-state index contributed by atoms with van der Waals surface area (Å²) in [6.07, 6.45) is 4.77. The van der Waals surface area contributed by atoms with Crippen molar-refractivity contribution in [1.29, 1.82) is 0 Å². The van der Waals surface area contributed by atoms with Gasteiger partial charge in [0.05, 0.1) is 16.6 Å². The lowest BCUT2D eigenvalue weighted by Gasteiger charge is -2.33. The highest BCUT2D eigenvalue weighted by atomic mass is 16.4. The van der Waals surface area contributed by atoms with Crippen LogP contribution in [0.25, 0.3) is 11.0 Å². The molecule has 20 heavy (non-hydrogen) atoms. The van der Waals surface area contributed by atoms with Crippen molar-refractivity contribution in [2.24, 2.45) is 5.92 Å². The van der Waals surface area contributed by atoms with E-state index in [0.29, 0.717) is 11.6 Å². The quantitative estimate of drug-likeness (QED) is 0.924. The summed E-state index contributed by atoms with van der Waals surface area (Å²) in [5, 5.41) is 9.09. The van der Waals surface area contributed by atoms with Crippen LogP contribution >= 0.6 is 0 Å². The Bertz CT molecular complexity index is 656. The predicted molar refractivity (Wildman–Crippen MR) is 78.1 cm³/mol. The van der Waals surface area contributed by atoms with Crippen LogP contribution in [0, 0.1) is 5.92 Å². The van der Waals surface area contributed by atoms with Crippen molar-refractivity contribution in [2.75, 3.05) is 0 Å². The molecular formula is C16H20N2O2. The number of hydrogen-bond acceptors (Lipinski definition) is 2. The van der Waals surface area contributed by atoms with Crippen molar-refractivity contribution in [3.63, 3.8) is 0 Å². The van der Waals surface area contributed by atoms with Gasteiger partial charge in [-0.25, -0.2) is 9.78 Å². The van der Waals surface area contributed by atoms with E-state index in [0.717, 1.165) is 29.2 Å². The number of aromatic carboxylic acids is 1. The van der Waals surface area contributed by atoms with E-state index in [-0.39, 0.29) is 0 Å². The van der Waals surface area contributed by atoms with E-state index in [1.165, 1.54) is 19.3 Å². The number of carbonyl (C=O) groups is 1. The minimum absolute atomic E-state index is 0.307. The van der Waals surface area contributed by atoms with Gasteiger partial charge >= 0.3 is 5.97 Å². The number of rotatable bonds is 4. The topological polar surface area (TPSA) is 55.1 Å². The third-order valence-corrected chi connectivity index (χ3v) is 4.57. The van der Waals surface area contributed by atoms with Crippen LogP contribution in [-0.2, 0) is 6.42 Å². The van der Waals surface area contributed by atoms with Crippen LogP contribution in [0.15, 0.2) is 18.2 Å². The molecule has 106 valence electrons. The second-order valence-electron chi connectivity index (χ2n) is 5.69. The summed E-state index contributed by atoms with van der Waals surface area (Å²) in [5.41, 5.74) is 2.17. The SMILES string of the molecule is CCc1nc2cc(C(=O)O)ccc2n1C(C)C1CCC1. The lowest BCUT2D eigenvalue weighted by molar-refractivity contribution is 0.0697. The van der Waals surface area contributed by atoms with Crippen LogP contribution < -0.4 is 0 Å². The van der Waals surface area contributed by atoms with Gasteiger partial charge < -0.3 is 9.67 Å². The smallest absolute Gasteiger partial charge is 0.335 e. The van der Waals surface area contributed by atoms with Gasteiger partial charge in [-0.3, -0.25) is 0 Å². The third kappa shape index (κ3) is 1.99. The number of nitrogens with zero attached hydrogens (tertiary/aromatic N) is 2. The number of aryl methyl sites for hydroxylation is 1. The van der Waals surface area contributed by atoms with Crippen LogP contribution in [0.5, 0.6) is 0 Å². The van der Waals surface area contributed by atoms with E-state index in [2.05, 4.69) is 23.4 Å². The first-order chi connectivity index (χ1) is 9.61. The van der Waals surface area contributed by atoms with Crippen molar-refractivity contribution >= 4 is 17.0 Å². The van der Waals surface area contributed by atoms with Crippen LogP contribution in [0.2, 0.25) is 0 Å². The standard InChI is InChI=1S/C16H20N2O2/c1-3-15-17-13-9-12(16(19)20)7-8-14(13)18(15)10(2)11-5-4-6-11/h7-11H,3-6H2,1-2H3,(H,19,20). The van der Waals surface area contributed by atoms with E-state index >= 15 is 0 Å². The molecule has 2 aromatic rings. The summed E-state index contributed by atoms with van der Waals surface area (Å²) >= 11 is 0. The fourth-order valence-corrected chi connectivity index (χ4v) is 3.12. The lowest BCUT2D eigenvalue weighted by Crippen LogP contribution is -2.24. The molecule has 1 aliphatic carbocycles. The van der Waals surface area contributed by atoms with E-state index in [1.54, 1.807) is 12.1 Å². The monoisotopic (exact) mass is 272 g/mol. The molecule has 1 fully saturated rings. The minimum atomic E-state index is -0.897. The number of benzene rings is 1. The maximum absolute atomic E-state index is 11.1. The lowest BCUT2D eigenvalue weighted by atomic mass is 9.80. The normalized spacial score (nSPS) is 17.1. The van der Waals surface area contributed by atoms with Crippen LogP contribution in [0.3, 0.4) is 0 Å². The average molecular weight is 272 g/mol. The van der Waals surface area contributed by atoms with Gasteiger partial charge in [-0.05, 0) is 43.9 Å². The summed E-state index contributed by atoms with van der Waals surface area (Å²) in [5.74, 6) is 0.894. The second-order valence-corrected chi connectivity index (χ2v) is 5.69. The van der Waals surface area contributed by atoms with Crippen LogP contribution in [-0.4, -0.2) is 20.6 Å². The summed E-state index contributed by atoms with van der Waals surface area (Å²) in [7, 11) is 0. The molecule has 0 saturated heterocycles. The fourth-order valence-electron chi connectivity index (χ4n) is 3.12. The Morgan fingerprint density at radius 3 is 2.80 bits per heavy atom. The van der Waals surface area contributed by atoms with Crippen LogP contribution in [0.1, 0.15) is 55.3 Å². The van der Waals surface area contributed by atoms with Crippen molar-refractivity contribution in [3.8, 4) is 0 Å². The van der Waals surface area contributed by atoms with Gasteiger partial charge in [0, 0.05) is 12.5 Å². The van der Waals surface area contributed by atoms with E-state index in [9.17, 15) is 4.79 Å². The first-order valence-corrected chi connectivity index (χ1v) is 7.36. The van der Waals surface area contributed by atoms with Crippen molar-refractivity contribution in [2.45, 2.75) is 45.6 Å². The van der Waals surface area contributed by atoms with Crippen molar-refractivity contribution in [3.05, 3.63) is 29.6 Å². The summed E-state index contributed by atoms with van der Waals surface area (Å²) in [6.45, 7) is 4.36. The summed E-state index contributed by atoms with van der Waals surface area (Å²) in [6, 6.07) is 5.70. The Hall–Kier alpha value is -1.84. The molecule has 1 aliphatic rings. The molecule has 4 heteroatoms. The highest BCUT2D eigenvalue weighted by Crippen LogP contribution is 2.38. The zero-order valence-electron chi connectivity index (χ0n) is 12.0. The van der Waals surface area contributed by atoms with Crippen molar-refractivity contribution < 1.29 is 9.90 Å². The molecule has 0 radical (unpaired) electrons. The Morgan fingerprint density at radius 1 is 1.50 bits per heavy atom. The van der Waals surface area contributed by atoms with E-state index < -0.39 is 5.97 Å². The predicted octanol–water partition coefficient (Wildman–Crippen LogP) is 3.66. The molecular weight excluding hydrogens is 252 g/mol. The molecule has 0 spiro atoms. The highest BCUT2D eigenvalue weighted by Gasteiger charge is 2.27. The molecule has 0 aliphatic heterocycles. The second kappa shape index (κ2) is 4.93. The number of aromatic nitrogens is 2. The third-order valence-electron chi connectivity index (χ3n) is 4.57. The molecule has 1 aromatic carbocycles.